The highest BCUT2D eigenvalue weighted by molar-refractivity contribution is 5.33. The van der Waals surface area contributed by atoms with Crippen LogP contribution >= 0.6 is 0 Å². The van der Waals surface area contributed by atoms with Gasteiger partial charge in [-0.05, 0) is 37.1 Å². The average molecular weight is 418 g/mol. The molecule has 0 amide bonds. The maximum atomic E-state index is 13.4. The number of nitriles is 1. The largest absolute Gasteiger partial charge is 0.374 e. The van der Waals surface area contributed by atoms with Gasteiger partial charge in [-0.1, -0.05) is 103 Å². The van der Waals surface area contributed by atoms with E-state index >= 15 is 0 Å². The van der Waals surface area contributed by atoms with Gasteiger partial charge in [-0.25, -0.2) is 4.39 Å². The van der Waals surface area contributed by atoms with E-state index in [0.29, 0.717) is 12.2 Å². The first-order valence-corrected chi connectivity index (χ1v) is 12.5. The number of rotatable bonds is 19. The second kappa shape index (κ2) is 18.4. The Bertz CT molecular complexity index is 581. The summed E-state index contributed by atoms with van der Waals surface area (Å²) in [6, 6.07) is 6.38. The van der Waals surface area contributed by atoms with Crippen molar-refractivity contribution in [3.8, 4) is 6.07 Å². The Morgan fingerprint density at radius 3 is 1.80 bits per heavy atom. The van der Waals surface area contributed by atoms with Crippen molar-refractivity contribution in [1.29, 1.82) is 5.26 Å². The van der Waals surface area contributed by atoms with Crippen LogP contribution in [0.3, 0.4) is 0 Å². The van der Waals surface area contributed by atoms with Gasteiger partial charge in [0, 0.05) is 0 Å². The van der Waals surface area contributed by atoms with E-state index in [1.807, 2.05) is 6.07 Å². The van der Waals surface area contributed by atoms with E-state index in [1.165, 1.54) is 108 Å². The maximum absolute atomic E-state index is 13.4. The third-order valence-corrected chi connectivity index (χ3v) is 5.84. The summed E-state index contributed by atoms with van der Waals surface area (Å²) in [5, 5.41) is 8.91. The molecule has 0 aliphatic heterocycles. The highest BCUT2D eigenvalue weighted by atomic mass is 19.1. The molecule has 30 heavy (non-hydrogen) atoms. The lowest BCUT2D eigenvalue weighted by molar-refractivity contribution is 0.0457. The monoisotopic (exact) mass is 417 g/mol. The topological polar surface area (TPSA) is 33.0 Å². The summed E-state index contributed by atoms with van der Waals surface area (Å²) < 4.78 is 19.3. The van der Waals surface area contributed by atoms with Crippen LogP contribution in [0.2, 0.25) is 0 Å². The molecule has 0 N–H and O–H groups in total. The molecule has 0 radical (unpaired) electrons. The SMILES string of the molecule is CCCCCCCCCCCCCCCCCC(C)OCc1cc(F)cc(C#N)c1. The molecule has 0 saturated carbocycles. The van der Waals surface area contributed by atoms with Gasteiger partial charge < -0.3 is 4.74 Å². The zero-order valence-corrected chi connectivity index (χ0v) is 19.6. The van der Waals surface area contributed by atoms with Gasteiger partial charge in [-0.2, -0.15) is 5.26 Å². The normalized spacial score (nSPS) is 12.1. The molecule has 0 saturated heterocycles. The molecule has 0 fully saturated rings. The molecular formula is C27H44FNO. The summed E-state index contributed by atoms with van der Waals surface area (Å²) in [4.78, 5) is 0. The smallest absolute Gasteiger partial charge is 0.124 e. The van der Waals surface area contributed by atoms with Crippen LogP contribution in [0.5, 0.6) is 0 Å². The van der Waals surface area contributed by atoms with E-state index in [4.69, 9.17) is 10.00 Å². The first-order valence-electron chi connectivity index (χ1n) is 12.5. The molecule has 0 heterocycles. The Morgan fingerprint density at radius 1 is 0.800 bits per heavy atom. The fraction of sp³-hybridized carbons (Fsp3) is 0.741. The Balaban J connectivity index is 1.89. The van der Waals surface area contributed by atoms with Gasteiger partial charge in [-0.3, -0.25) is 0 Å². The van der Waals surface area contributed by atoms with E-state index in [-0.39, 0.29) is 11.9 Å². The quantitative estimate of drug-likeness (QED) is 0.211. The van der Waals surface area contributed by atoms with Crippen LogP contribution in [0.1, 0.15) is 128 Å². The minimum Gasteiger partial charge on any atom is -0.374 e. The molecule has 3 heteroatoms. The lowest BCUT2D eigenvalue weighted by Crippen LogP contribution is -2.08. The van der Waals surface area contributed by atoms with E-state index in [9.17, 15) is 4.39 Å². The molecule has 0 bridgehead atoms. The molecule has 170 valence electrons. The third-order valence-electron chi connectivity index (χ3n) is 5.84. The lowest BCUT2D eigenvalue weighted by atomic mass is 10.0. The summed E-state index contributed by atoms with van der Waals surface area (Å²) in [5.74, 6) is -0.372. The molecule has 0 aromatic heterocycles. The lowest BCUT2D eigenvalue weighted by Gasteiger charge is -2.13. The van der Waals surface area contributed by atoms with Crippen LogP contribution in [-0.4, -0.2) is 6.10 Å². The van der Waals surface area contributed by atoms with Crippen molar-refractivity contribution in [3.05, 3.63) is 35.1 Å². The van der Waals surface area contributed by atoms with Crippen LogP contribution in [0.25, 0.3) is 0 Å². The number of ether oxygens (including phenoxy) is 1. The second-order valence-electron chi connectivity index (χ2n) is 8.82. The average Bonchev–Trinajstić information content (AvgIpc) is 2.74. The summed E-state index contributed by atoms with van der Waals surface area (Å²) in [7, 11) is 0. The van der Waals surface area contributed by atoms with Crippen LogP contribution in [-0.2, 0) is 11.3 Å². The van der Waals surface area contributed by atoms with Gasteiger partial charge >= 0.3 is 0 Å². The van der Waals surface area contributed by atoms with Crippen molar-refractivity contribution in [2.45, 2.75) is 129 Å². The highest BCUT2D eigenvalue weighted by Gasteiger charge is 2.05. The van der Waals surface area contributed by atoms with Gasteiger partial charge in [0.1, 0.15) is 5.82 Å². The van der Waals surface area contributed by atoms with Crippen molar-refractivity contribution >= 4 is 0 Å². The minimum atomic E-state index is -0.372. The summed E-state index contributed by atoms with van der Waals surface area (Å²) in [6.45, 7) is 4.72. The molecule has 1 aromatic carbocycles. The van der Waals surface area contributed by atoms with Crippen molar-refractivity contribution in [3.63, 3.8) is 0 Å². The number of nitrogens with zero attached hydrogens (tertiary/aromatic N) is 1. The number of halogens is 1. The fourth-order valence-electron chi connectivity index (χ4n) is 3.92. The Labute approximate surface area is 185 Å². The Morgan fingerprint density at radius 2 is 1.30 bits per heavy atom. The van der Waals surface area contributed by atoms with E-state index in [0.717, 1.165) is 12.0 Å². The van der Waals surface area contributed by atoms with Crippen molar-refractivity contribution in [2.24, 2.45) is 0 Å². The van der Waals surface area contributed by atoms with Crippen LogP contribution in [0.15, 0.2) is 18.2 Å². The molecular weight excluding hydrogens is 373 g/mol. The molecule has 2 nitrogen and oxygen atoms in total. The highest BCUT2D eigenvalue weighted by Crippen LogP contribution is 2.16. The Hall–Kier alpha value is -1.40. The van der Waals surface area contributed by atoms with E-state index in [2.05, 4.69) is 13.8 Å². The molecule has 0 spiro atoms. The predicted molar refractivity (Wildman–Crippen MR) is 125 cm³/mol. The first-order chi connectivity index (χ1) is 14.7. The molecule has 0 aliphatic carbocycles. The predicted octanol–water partition coefficient (Wildman–Crippen LogP) is 8.86. The summed E-state index contributed by atoms with van der Waals surface area (Å²) in [6.07, 6.45) is 21.8. The van der Waals surface area contributed by atoms with Crippen molar-refractivity contribution < 1.29 is 9.13 Å². The fourth-order valence-corrected chi connectivity index (χ4v) is 3.92. The van der Waals surface area contributed by atoms with Crippen LogP contribution < -0.4 is 0 Å². The van der Waals surface area contributed by atoms with Gasteiger partial charge in [0.25, 0.3) is 0 Å². The third kappa shape index (κ3) is 14.6. The van der Waals surface area contributed by atoms with Gasteiger partial charge in [0.15, 0.2) is 0 Å². The zero-order valence-electron chi connectivity index (χ0n) is 19.6. The summed E-state index contributed by atoms with van der Waals surface area (Å²) in [5.41, 5.74) is 1.08. The number of hydrogen-bond acceptors (Lipinski definition) is 2. The van der Waals surface area contributed by atoms with Crippen molar-refractivity contribution in [1.82, 2.24) is 0 Å². The number of benzene rings is 1. The van der Waals surface area contributed by atoms with E-state index < -0.39 is 0 Å². The first kappa shape index (κ1) is 26.6. The minimum absolute atomic E-state index is 0.167. The second-order valence-corrected chi connectivity index (χ2v) is 8.82. The van der Waals surface area contributed by atoms with Crippen LogP contribution in [0.4, 0.5) is 4.39 Å². The number of hydrogen-bond donors (Lipinski definition) is 0. The maximum Gasteiger partial charge on any atom is 0.124 e. The molecule has 1 rings (SSSR count). The van der Waals surface area contributed by atoms with Gasteiger partial charge in [0.05, 0.1) is 24.3 Å². The molecule has 1 unspecified atom stereocenters. The van der Waals surface area contributed by atoms with Gasteiger partial charge in [-0.15, -0.1) is 0 Å². The zero-order chi connectivity index (χ0) is 21.9. The Kier molecular flexibility index (Phi) is 16.3. The molecule has 0 aliphatic rings. The molecule has 1 aromatic rings. The van der Waals surface area contributed by atoms with E-state index in [1.54, 1.807) is 6.07 Å². The number of unbranched alkanes of at least 4 members (excludes halogenated alkanes) is 14. The van der Waals surface area contributed by atoms with Crippen molar-refractivity contribution in [2.75, 3.05) is 0 Å². The summed E-state index contributed by atoms with van der Waals surface area (Å²) >= 11 is 0. The van der Waals surface area contributed by atoms with Crippen LogP contribution in [0, 0.1) is 17.1 Å². The standard InChI is InChI=1S/C27H44FNO/c1-3-4-5-6-7-8-9-10-11-12-13-14-15-16-17-18-24(2)30-23-26-19-25(22-29)20-27(28)21-26/h19-21,24H,3-18,23H2,1-2H3. The molecule has 1 atom stereocenters. The van der Waals surface area contributed by atoms with Gasteiger partial charge in [0.2, 0.25) is 0 Å².